The summed E-state index contributed by atoms with van der Waals surface area (Å²) in [6.07, 6.45) is 2.49. The Bertz CT molecular complexity index is 585. The molecule has 0 spiro atoms. The molecule has 0 saturated heterocycles. The minimum atomic E-state index is -0.246. The first kappa shape index (κ1) is 16.2. The van der Waals surface area contributed by atoms with Gasteiger partial charge in [-0.15, -0.1) is 11.8 Å². The molecule has 2 aromatic rings. The molecular weight excluding hydrogens is 282 g/mol. The van der Waals surface area contributed by atoms with E-state index in [1.807, 2.05) is 18.2 Å². The van der Waals surface area contributed by atoms with Crippen LogP contribution in [-0.4, -0.2) is 39.0 Å². The number of aliphatic hydroxyl groups excluding tert-OH is 1. The van der Waals surface area contributed by atoms with Crippen molar-refractivity contribution in [3.8, 4) is 0 Å². The highest BCUT2D eigenvalue weighted by Crippen LogP contribution is 2.26. The second-order valence-corrected chi connectivity index (χ2v) is 6.90. The average Bonchev–Trinajstić information content (AvgIpc) is 2.47. The van der Waals surface area contributed by atoms with Gasteiger partial charge in [-0.05, 0) is 19.4 Å². The molecule has 1 aromatic carbocycles. The summed E-state index contributed by atoms with van der Waals surface area (Å²) in [6, 6.07) is 8.40. The van der Waals surface area contributed by atoms with E-state index in [-0.39, 0.29) is 12.1 Å². The van der Waals surface area contributed by atoms with E-state index in [2.05, 4.69) is 42.1 Å². The van der Waals surface area contributed by atoms with Gasteiger partial charge in [-0.2, -0.15) is 0 Å². The predicted molar refractivity (Wildman–Crippen MR) is 88.6 cm³/mol. The molecule has 0 amide bonds. The Kier molecular flexibility index (Phi) is 5.56. The molecule has 114 valence electrons. The molecule has 2 rings (SSSR count). The summed E-state index contributed by atoms with van der Waals surface area (Å²) in [5.74, 6) is 0.901. The van der Waals surface area contributed by atoms with Crippen LogP contribution in [0.15, 0.2) is 35.6 Å². The van der Waals surface area contributed by atoms with E-state index in [9.17, 15) is 5.11 Å². The fourth-order valence-electron chi connectivity index (χ4n) is 2.36. The van der Waals surface area contributed by atoms with Crippen LogP contribution in [0.25, 0.3) is 10.9 Å². The maximum absolute atomic E-state index is 9.61. The van der Waals surface area contributed by atoms with Crippen molar-refractivity contribution < 1.29 is 5.11 Å². The number of para-hydroxylation sites is 1. The van der Waals surface area contributed by atoms with Crippen LogP contribution in [0.1, 0.15) is 27.2 Å². The molecule has 1 atom stereocenters. The molecular formula is C16H23N3OS. The van der Waals surface area contributed by atoms with E-state index >= 15 is 0 Å². The summed E-state index contributed by atoms with van der Waals surface area (Å²) in [4.78, 5) is 8.66. The third-order valence-electron chi connectivity index (χ3n) is 3.38. The van der Waals surface area contributed by atoms with E-state index in [1.54, 1.807) is 18.1 Å². The van der Waals surface area contributed by atoms with Crippen molar-refractivity contribution in [3.63, 3.8) is 0 Å². The maximum atomic E-state index is 9.61. The smallest absolute Gasteiger partial charge is 0.117 e. The van der Waals surface area contributed by atoms with Crippen LogP contribution in [0.2, 0.25) is 0 Å². The molecule has 0 saturated carbocycles. The molecule has 4 nitrogen and oxygen atoms in total. The minimum absolute atomic E-state index is 0.135. The Morgan fingerprint density at radius 2 is 2.05 bits per heavy atom. The molecule has 0 radical (unpaired) electrons. The number of fused-ring (bicyclic) bond motifs is 1. The summed E-state index contributed by atoms with van der Waals surface area (Å²) in [6.45, 7) is 6.39. The van der Waals surface area contributed by atoms with Gasteiger partial charge >= 0.3 is 0 Å². The Hall–Kier alpha value is -1.17. The fraction of sp³-hybridized carbons (Fsp3) is 0.500. The molecule has 2 N–H and O–H groups in total. The monoisotopic (exact) mass is 305 g/mol. The molecule has 0 aliphatic heterocycles. The highest BCUT2D eigenvalue weighted by Gasteiger charge is 2.23. The Morgan fingerprint density at radius 3 is 2.76 bits per heavy atom. The van der Waals surface area contributed by atoms with Crippen LogP contribution in [0.5, 0.6) is 0 Å². The van der Waals surface area contributed by atoms with Crippen LogP contribution in [0.4, 0.5) is 0 Å². The molecule has 5 heteroatoms. The van der Waals surface area contributed by atoms with Gasteiger partial charge in [0.25, 0.3) is 0 Å². The van der Waals surface area contributed by atoms with Gasteiger partial charge in [0.1, 0.15) is 11.4 Å². The van der Waals surface area contributed by atoms with Gasteiger partial charge < -0.3 is 10.4 Å². The lowest BCUT2D eigenvalue weighted by molar-refractivity contribution is 0.162. The molecule has 0 aliphatic carbocycles. The van der Waals surface area contributed by atoms with Gasteiger partial charge in [0.2, 0.25) is 0 Å². The third kappa shape index (κ3) is 4.40. The SMILES string of the molecule is CC(C)NC(C)(CO)CCSc1ncnc2ccccc12. The Balaban J connectivity index is 2.02. The zero-order valence-corrected chi connectivity index (χ0v) is 13.7. The van der Waals surface area contributed by atoms with Crippen molar-refractivity contribution in [1.82, 2.24) is 15.3 Å². The van der Waals surface area contributed by atoms with E-state index in [0.29, 0.717) is 6.04 Å². The third-order valence-corrected chi connectivity index (χ3v) is 4.39. The summed E-state index contributed by atoms with van der Waals surface area (Å²) < 4.78 is 0. The van der Waals surface area contributed by atoms with Gasteiger partial charge in [-0.3, -0.25) is 0 Å². The van der Waals surface area contributed by atoms with Gasteiger partial charge in [0, 0.05) is 22.7 Å². The highest BCUT2D eigenvalue weighted by atomic mass is 32.2. The number of aliphatic hydroxyl groups is 1. The lowest BCUT2D eigenvalue weighted by Crippen LogP contribution is -2.49. The quantitative estimate of drug-likeness (QED) is 0.608. The Morgan fingerprint density at radius 1 is 1.29 bits per heavy atom. The zero-order valence-electron chi connectivity index (χ0n) is 12.8. The van der Waals surface area contributed by atoms with Crippen LogP contribution in [-0.2, 0) is 0 Å². The molecule has 0 aliphatic rings. The van der Waals surface area contributed by atoms with E-state index in [0.717, 1.165) is 28.1 Å². The van der Waals surface area contributed by atoms with Crippen molar-refractivity contribution in [2.75, 3.05) is 12.4 Å². The van der Waals surface area contributed by atoms with E-state index in [1.165, 1.54) is 0 Å². The molecule has 1 unspecified atom stereocenters. The summed E-state index contributed by atoms with van der Waals surface area (Å²) in [5, 5.41) is 15.1. The van der Waals surface area contributed by atoms with Crippen LogP contribution >= 0.6 is 11.8 Å². The number of nitrogens with zero attached hydrogens (tertiary/aromatic N) is 2. The van der Waals surface area contributed by atoms with Gasteiger partial charge in [-0.1, -0.05) is 32.0 Å². The van der Waals surface area contributed by atoms with Gasteiger partial charge in [0.05, 0.1) is 12.1 Å². The van der Waals surface area contributed by atoms with Crippen molar-refractivity contribution in [2.45, 2.75) is 43.8 Å². The number of hydrogen-bond acceptors (Lipinski definition) is 5. The lowest BCUT2D eigenvalue weighted by Gasteiger charge is -2.31. The van der Waals surface area contributed by atoms with Crippen LogP contribution in [0.3, 0.4) is 0 Å². The Labute approximate surface area is 130 Å². The van der Waals surface area contributed by atoms with Crippen molar-refractivity contribution in [2.24, 2.45) is 0 Å². The summed E-state index contributed by atoms with van der Waals surface area (Å²) in [7, 11) is 0. The first-order chi connectivity index (χ1) is 10.0. The number of aromatic nitrogens is 2. The second kappa shape index (κ2) is 7.20. The number of thioether (sulfide) groups is 1. The van der Waals surface area contributed by atoms with Crippen molar-refractivity contribution in [1.29, 1.82) is 0 Å². The van der Waals surface area contributed by atoms with Gasteiger partial charge in [0.15, 0.2) is 0 Å². The van der Waals surface area contributed by atoms with Gasteiger partial charge in [-0.25, -0.2) is 9.97 Å². The lowest BCUT2D eigenvalue weighted by atomic mass is 9.99. The number of benzene rings is 1. The van der Waals surface area contributed by atoms with Crippen LogP contribution < -0.4 is 5.32 Å². The first-order valence-electron chi connectivity index (χ1n) is 7.25. The predicted octanol–water partition coefficient (Wildman–Crippen LogP) is 2.86. The van der Waals surface area contributed by atoms with E-state index in [4.69, 9.17) is 0 Å². The maximum Gasteiger partial charge on any atom is 0.117 e. The summed E-state index contributed by atoms with van der Waals surface area (Å²) in [5.41, 5.74) is 0.726. The highest BCUT2D eigenvalue weighted by molar-refractivity contribution is 7.99. The molecule has 1 heterocycles. The zero-order chi connectivity index (χ0) is 15.3. The molecule has 0 fully saturated rings. The molecule has 0 bridgehead atoms. The summed E-state index contributed by atoms with van der Waals surface area (Å²) >= 11 is 1.72. The van der Waals surface area contributed by atoms with Crippen molar-refractivity contribution in [3.05, 3.63) is 30.6 Å². The normalized spacial score (nSPS) is 14.5. The largest absolute Gasteiger partial charge is 0.394 e. The number of hydrogen-bond donors (Lipinski definition) is 2. The fourth-order valence-corrected chi connectivity index (χ4v) is 3.56. The van der Waals surface area contributed by atoms with Crippen molar-refractivity contribution >= 4 is 22.7 Å². The first-order valence-corrected chi connectivity index (χ1v) is 8.24. The number of rotatable bonds is 7. The average molecular weight is 305 g/mol. The second-order valence-electron chi connectivity index (χ2n) is 5.81. The molecule has 1 aromatic heterocycles. The number of nitrogens with one attached hydrogen (secondary N) is 1. The van der Waals surface area contributed by atoms with Crippen LogP contribution in [0, 0.1) is 0 Å². The topological polar surface area (TPSA) is 58.0 Å². The molecule has 21 heavy (non-hydrogen) atoms. The van der Waals surface area contributed by atoms with E-state index < -0.39 is 0 Å². The standard InChI is InChI=1S/C16H23N3OS/c1-12(2)19-16(3,10-20)8-9-21-15-13-6-4-5-7-14(13)17-11-18-15/h4-7,11-12,19-20H,8-10H2,1-3H3. The minimum Gasteiger partial charge on any atom is -0.394 e.